The van der Waals surface area contributed by atoms with Gasteiger partial charge in [0.15, 0.2) is 0 Å². The number of carbonyl (C=O) groups is 1. The van der Waals surface area contributed by atoms with Crippen molar-refractivity contribution in [2.75, 3.05) is 0 Å². The number of rotatable bonds is 1. The monoisotopic (exact) mass is 268 g/mol. The maximum atomic E-state index is 11.1. The second kappa shape index (κ2) is 3.71. The molecule has 1 nitrogen and oxygen atoms in total. The summed E-state index contributed by atoms with van der Waals surface area (Å²) in [6.07, 6.45) is 0. The van der Waals surface area contributed by atoms with E-state index in [4.69, 9.17) is 11.6 Å². The minimum absolute atomic E-state index is 0.422. The quantitative estimate of drug-likeness (QED) is 0.716. The molecule has 0 fully saturated rings. The Labute approximate surface area is 94.8 Å². The first-order valence-electron chi connectivity index (χ1n) is 4.07. The molecule has 0 N–H and O–H groups in total. The van der Waals surface area contributed by atoms with E-state index in [1.54, 1.807) is 6.07 Å². The van der Waals surface area contributed by atoms with E-state index in [1.165, 1.54) is 0 Å². The highest BCUT2D eigenvalue weighted by Gasteiger charge is 2.07. The molecule has 2 rings (SSSR count). The van der Waals surface area contributed by atoms with Gasteiger partial charge in [-0.3, -0.25) is 4.79 Å². The molecule has 0 amide bonds. The molecule has 0 spiro atoms. The summed E-state index contributed by atoms with van der Waals surface area (Å²) in [5.74, 6) is 0. The van der Waals surface area contributed by atoms with Crippen LogP contribution in [0.3, 0.4) is 0 Å². The van der Waals surface area contributed by atoms with Crippen LogP contribution in [0.15, 0.2) is 40.9 Å². The van der Waals surface area contributed by atoms with Crippen molar-refractivity contribution in [2.45, 2.75) is 0 Å². The maximum Gasteiger partial charge on any atom is 0.253 e. The highest BCUT2D eigenvalue weighted by Crippen LogP contribution is 2.26. The van der Waals surface area contributed by atoms with Gasteiger partial charge < -0.3 is 0 Å². The first-order valence-corrected chi connectivity index (χ1v) is 5.24. The van der Waals surface area contributed by atoms with Crippen LogP contribution >= 0.6 is 27.5 Å². The predicted octanol–water partition coefficient (Wildman–Crippen LogP) is 3.98. The van der Waals surface area contributed by atoms with Crippen molar-refractivity contribution in [3.63, 3.8) is 0 Å². The molecule has 0 atom stereocenters. The van der Waals surface area contributed by atoms with Gasteiger partial charge in [0, 0.05) is 10.0 Å². The Bertz CT molecular complexity index is 508. The lowest BCUT2D eigenvalue weighted by atomic mass is 10.1. The SMILES string of the molecule is O=C(Cl)c1cccc2c(Br)cccc12. The fourth-order valence-corrected chi connectivity index (χ4v) is 2.11. The van der Waals surface area contributed by atoms with Gasteiger partial charge in [-0.1, -0.05) is 40.2 Å². The number of benzene rings is 2. The fraction of sp³-hybridized carbons (Fsp3) is 0. The van der Waals surface area contributed by atoms with Gasteiger partial charge in [0.2, 0.25) is 0 Å². The van der Waals surface area contributed by atoms with E-state index in [1.807, 2.05) is 30.3 Å². The summed E-state index contributed by atoms with van der Waals surface area (Å²) >= 11 is 8.91. The van der Waals surface area contributed by atoms with Crippen molar-refractivity contribution >= 4 is 43.5 Å². The summed E-state index contributed by atoms with van der Waals surface area (Å²) in [5, 5.41) is 1.45. The van der Waals surface area contributed by atoms with Gasteiger partial charge in [-0.05, 0) is 34.5 Å². The van der Waals surface area contributed by atoms with Crippen molar-refractivity contribution in [2.24, 2.45) is 0 Å². The summed E-state index contributed by atoms with van der Waals surface area (Å²) in [6.45, 7) is 0. The number of carbonyl (C=O) groups excluding carboxylic acids is 1. The minimum atomic E-state index is -0.422. The standard InChI is InChI=1S/C11H6BrClO/c12-10-6-2-3-7-8(10)4-1-5-9(7)11(13)14/h1-6H. The second-order valence-electron chi connectivity index (χ2n) is 2.91. The topological polar surface area (TPSA) is 17.1 Å². The summed E-state index contributed by atoms with van der Waals surface area (Å²) in [5.41, 5.74) is 0.547. The Morgan fingerprint density at radius 3 is 2.43 bits per heavy atom. The molecule has 0 radical (unpaired) electrons. The van der Waals surface area contributed by atoms with Crippen LogP contribution in [0.5, 0.6) is 0 Å². The van der Waals surface area contributed by atoms with E-state index in [0.717, 1.165) is 15.2 Å². The Hall–Kier alpha value is -0.860. The van der Waals surface area contributed by atoms with E-state index in [-0.39, 0.29) is 0 Å². The van der Waals surface area contributed by atoms with Crippen LogP contribution in [0.1, 0.15) is 10.4 Å². The predicted molar refractivity (Wildman–Crippen MR) is 61.8 cm³/mol. The molecule has 0 aliphatic heterocycles. The molecule has 70 valence electrons. The second-order valence-corrected chi connectivity index (χ2v) is 4.11. The molecule has 2 aromatic rings. The number of hydrogen-bond donors (Lipinski definition) is 0. The largest absolute Gasteiger partial charge is 0.276 e. The summed E-state index contributed by atoms with van der Waals surface area (Å²) in [7, 11) is 0. The third-order valence-corrected chi connectivity index (χ3v) is 2.98. The average molecular weight is 270 g/mol. The lowest BCUT2D eigenvalue weighted by Crippen LogP contribution is -1.90. The van der Waals surface area contributed by atoms with Crippen molar-refractivity contribution in [1.29, 1.82) is 0 Å². The Morgan fingerprint density at radius 2 is 1.71 bits per heavy atom. The smallest absolute Gasteiger partial charge is 0.253 e. The summed E-state index contributed by atoms with van der Waals surface area (Å²) in [6, 6.07) is 11.2. The lowest BCUT2D eigenvalue weighted by molar-refractivity contribution is 0.108. The van der Waals surface area contributed by atoms with Gasteiger partial charge in [-0.25, -0.2) is 0 Å². The molecule has 0 aromatic heterocycles. The number of halogens is 2. The maximum absolute atomic E-state index is 11.1. The molecule has 0 aliphatic carbocycles. The highest BCUT2D eigenvalue weighted by molar-refractivity contribution is 9.10. The molecular weight excluding hydrogens is 263 g/mol. The van der Waals surface area contributed by atoms with Gasteiger partial charge in [0.25, 0.3) is 5.24 Å². The van der Waals surface area contributed by atoms with Gasteiger partial charge in [-0.2, -0.15) is 0 Å². The summed E-state index contributed by atoms with van der Waals surface area (Å²) < 4.78 is 0.967. The van der Waals surface area contributed by atoms with Crippen LogP contribution in [-0.2, 0) is 0 Å². The molecule has 0 saturated heterocycles. The van der Waals surface area contributed by atoms with Gasteiger partial charge in [0.1, 0.15) is 0 Å². The van der Waals surface area contributed by atoms with Crippen molar-refractivity contribution in [3.8, 4) is 0 Å². The molecule has 0 saturated carbocycles. The van der Waals surface area contributed by atoms with Crippen molar-refractivity contribution < 1.29 is 4.79 Å². The van der Waals surface area contributed by atoms with Crippen LogP contribution in [0.2, 0.25) is 0 Å². The number of fused-ring (bicyclic) bond motifs is 1. The van der Waals surface area contributed by atoms with Crippen LogP contribution in [0.4, 0.5) is 0 Å². The Balaban J connectivity index is 2.88. The number of hydrogen-bond acceptors (Lipinski definition) is 1. The van der Waals surface area contributed by atoms with Gasteiger partial charge in [0.05, 0.1) is 0 Å². The van der Waals surface area contributed by atoms with E-state index in [2.05, 4.69) is 15.9 Å². The fourth-order valence-electron chi connectivity index (χ4n) is 1.44. The van der Waals surface area contributed by atoms with E-state index < -0.39 is 5.24 Å². The van der Waals surface area contributed by atoms with Crippen LogP contribution in [0.25, 0.3) is 10.8 Å². The molecular formula is C11H6BrClO. The summed E-state index contributed by atoms with van der Waals surface area (Å²) in [4.78, 5) is 11.1. The first-order chi connectivity index (χ1) is 6.70. The van der Waals surface area contributed by atoms with E-state index in [9.17, 15) is 4.79 Å². The molecule has 14 heavy (non-hydrogen) atoms. The van der Waals surface area contributed by atoms with Crippen LogP contribution in [-0.4, -0.2) is 5.24 Å². The minimum Gasteiger partial charge on any atom is -0.276 e. The molecule has 0 aliphatic rings. The molecule has 3 heteroatoms. The molecule has 0 heterocycles. The van der Waals surface area contributed by atoms with Gasteiger partial charge in [-0.15, -0.1) is 0 Å². The first kappa shape index (κ1) is 9.69. The van der Waals surface area contributed by atoms with Crippen molar-refractivity contribution in [1.82, 2.24) is 0 Å². The third-order valence-electron chi connectivity index (χ3n) is 2.08. The van der Waals surface area contributed by atoms with Crippen molar-refractivity contribution in [3.05, 3.63) is 46.4 Å². The Kier molecular flexibility index (Phi) is 2.57. The third kappa shape index (κ3) is 1.56. The highest BCUT2D eigenvalue weighted by atomic mass is 79.9. The zero-order chi connectivity index (χ0) is 10.1. The normalized spacial score (nSPS) is 10.4. The average Bonchev–Trinajstić information content (AvgIpc) is 2.17. The van der Waals surface area contributed by atoms with Gasteiger partial charge >= 0.3 is 0 Å². The zero-order valence-electron chi connectivity index (χ0n) is 7.13. The van der Waals surface area contributed by atoms with Crippen LogP contribution < -0.4 is 0 Å². The van der Waals surface area contributed by atoms with E-state index in [0.29, 0.717) is 5.56 Å². The van der Waals surface area contributed by atoms with Crippen LogP contribution in [0, 0.1) is 0 Å². The molecule has 2 aromatic carbocycles. The van der Waals surface area contributed by atoms with E-state index >= 15 is 0 Å². The lowest BCUT2D eigenvalue weighted by Gasteiger charge is -2.03. The molecule has 0 bridgehead atoms. The molecule has 0 unspecified atom stereocenters. The zero-order valence-corrected chi connectivity index (χ0v) is 9.47. The Morgan fingerprint density at radius 1 is 1.07 bits per heavy atom.